The molecule has 0 radical (unpaired) electrons. The summed E-state index contributed by atoms with van der Waals surface area (Å²) in [5.41, 5.74) is 7.38. The first-order chi connectivity index (χ1) is 9.26. The lowest BCUT2D eigenvalue weighted by Crippen LogP contribution is -2.17. The second kappa shape index (κ2) is 4.99. The van der Waals surface area contributed by atoms with Crippen LogP contribution < -0.4 is 5.73 Å². The molecule has 0 spiro atoms. The van der Waals surface area contributed by atoms with E-state index in [1.54, 1.807) is 25.1 Å². The molecule has 0 saturated carbocycles. The molecule has 1 aromatic carbocycles. The normalized spacial score (nSPS) is 11.6. The van der Waals surface area contributed by atoms with Crippen LogP contribution in [0.3, 0.4) is 0 Å². The van der Waals surface area contributed by atoms with Gasteiger partial charge in [0.1, 0.15) is 6.54 Å². The van der Waals surface area contributed by atoms with E-state index in [0.29, 0.717) is 22.3 Å². The Morgan fingerprint density at radius 3 is 2.65 bits per heavy atom. The summed E-state index contributed by atoms with van der Waals surface area (Å²) in [7, 11) is 0. The van der Waals surface area contributed by atoms with Gasteiger partial charge in [-0.2, -0.15) is 18.3 Å². The topological polar surface area (TPSA) is 60.9 Å². The second-order valence-corrected chi connectivity index (χ2v) is 4.44. The molecule has 2 aromatic rings. The number of carbonyl (C=O) groups excluding carboxylic acids is 1. The van der Waals surface area contributed by atoms with Crippen LogP contribution in [0.2, 0.25) is 0 Å². The quantitative estimate of drug-likeness (QED) is 0.940. The van der Waals surface area contributed by atoms with Crippen LogP contribution in [0.4, 0.5) is 13.2 Å². The van der Waals surface area contributed by atoms with E-state index in [4.69, 9.17) is 5.73 Å². The highest BCUT2D eigenvalue weighted by Gasteiger charge is 2.28. The molecule has 2 rings (SSSR count). The maximum atomic E-state index is 12.3. The molecule has 7 heteroatoms. The Bertz CT molecular complexity index is 647. The Labute approximate surface area is 113 Å². The molecular formula is C13H12F3N3O. The summed E-state index contributed by atoms with van der Waals surface area (Å²) >= 11 is 0. The zero-order chi connectivity index (χ0) is 14.9. The lowest BCUT2D eigenvalue weighted by atomic mass is 10.0. The first-order valence-electron chi connectivity index (χ1n) is 5.76. The van der Waals surface area contributed by atoms with Crippen LogP contribution in [0.25, 0.3) is 11.1 Å². The van der Waals surface area contributed by atoms with Gasteiger partial charge < -0.3 is 5.73 Å². The van der Waals surface area contributed by atoms with Crippen LogP contribution in [0.1, 0.15) is 15.9 Å². The first-order valence-corrected chi connectivity index (χ1v) is 5.76. The fraction of sp³-hybridized carbons (Fsp3) is 0.231. The van der Waals surface area contributed by atoms with E-state index >= 15 is 0 Å². The van der Waals surface area contributed by atoms with Gasteiger partial charge in [0, 0.05) is 17.3 Å². The summed E-state index contributed by atoms with van der Waals surface area (Å²) in [4.78, 5) is 11.3. The minimum atomic E-state index is -4.32. The molecule has 0 aliphatic rings. The molecule has 0 saturated heterocycles. The van der Waals surface area contributed by atoms with Gasteiger partial charge in [0.2, 0.25) is 5.91 Å². The molecule has 0 bridgehead atoms. The highest BCUT2D eigenvalue weighted by atomic mass is 19.4. The second-order valence-electron chi connectivity index (χ2n) is 4.44. The summed E-state index contributed by atoms with van der Waals surface area (Å²) in [6, 6.07) is 4.94. The number of alkyl halides is 3. The highest BCUT2D eigenvalue weighted by molar-refractivity contribution is 5.95. The predicted octanol–water partition coefficient (Wildman–Crippen LogP) is 2.52. The zero-order valence-corrected chi connectivity index (χ0v) is 10.6. The number of benzene rings is 1. The van der Waals surface area contributed by atoms with E-state index in [2.05, 4.69) is 5.10 Å². The molecule has 1 amide bonds. The standard InChI is InChI=1S/C13H12F3N3O/c1-8-2-3-9(4-11(8)12(17)20)10-5-18-19(6-10)7-13(14,15)16/h2-6H,7H2,1H3,(H2,17,20). The smallest absolute Gasteiger partial charge is 0.366 e. The van der Waals surface area contributed by atoms with E-state index < -0.39 is 18.6 Å². The Balaban J connectivity index is 2.33. The van der Waals surface area contributed by atoms with Gasteiger partial charge in [-0.3, -0.25) is 9.48 Å². The molecule has 0 aliphatic carbocycles. The molecular weight excluding hydrogens is 271 g/mol. The van der Waals surface area contributed by atoms with Crippen LogP contribution in [0.15, 0.2) is 30.6 Å². The number of nitrogens with zero attached hydrogens (tertiary/aromatic N) is 2. The van der Waals surface area contributed by atoms with Crippen LogP contribution >= 0.6 is 0 Å². The number of aromatic nitrogens is 2. The fourth-order valence-corrected chi connectivity index (χ4v) is 1.85. The molecule has 1 aromatic heterocycles. The lowest BCUT2D eigenvalue weighted by Gasteiger charge is -2.06. The molecule has 2 N–H and O–H groups in total. The van der Waals surface area contributed by atoms with Gasteiger partial charge in [-0.05, 0) is 24.1 Å². The lowest BCUT2D eigenvalue weighted by molar-refractivity contribution is -0.142. The maximum absolute atomic E-state index is 12.3. The molecule has 4 nitrogen and oxygen atoms in total. The van der Waals surface area contributed by atoms with Crippen LogP contribution in [-0.2, 0) is 6.54 Å². The minimum absolute atomic E-state index is 0.339. The fourth-order valence-electron chi connectivity index (χ4n) is 1.85. The number of rotatable bonds is 3. The molecule has 0 atom stereocenters. The van der Waals surface area contributed by atoms with E-state index in [1.807, 2.05) is 0 Å². The SMILES string of the molecule is Cc1ccc(-c2cnn(CC(F)(F)F)c2)cc1C(N)=O. The number of aryl methyl sites for hydroxylation is 1. The van der Waals surface area contributed by atoms with Gasteiger partial charge in [0.25, 0.3) is 0 Å². The summed E-state index contributed by atoms with van der Waals surface area (Å²) in [6.45, 7) is 0.582. The van der Waals surface area contributed by atoms with Crippen molar-refractivity contribution in [3.8, 4) is 11.1 Å². The van der Waals surface area contributed by atoms with Gasteiger partial charge in [-0.25, -0.2) is 0 Å². The Morgan fingerprint density at radius 2 is 2.05 bits per heavy atom. The zero-order valence-electron chi connectivity index (χ0n) is 10.6. The van der Waals surface area contributed by atoms with Crippen LogP contribution in [0.5, 0.6) is 0 Å². The van der Waals surface area contributed by atoms with Gasteiger partial charge >= 0.3 is 6.18 Å². The first kappa shape index (κ1) is 14.1. The summed E-state index contributed by atoms with van der Waals surface area (Å²) in [5.74, 6) is -0.577. The van der Waals surface area contributed by atoms with Gasteiger partial charge in [-0.1, -0.05) is 12.1 Å². The third-order valence-electron chi connectivity index (χ3n) is 2.81. The average Bonchev–Trinajstić information content (AvgIpc) is 2.75. The highest BCUT2D eigenvalue weighted by Crippen LogP contribution is 2.23. The van der Waals surface area contributed by atoms with Crippen LogP contribution in [0, 0.1) is 6.92 Å². The Hall–Kier alpha value is -2.31. The van der Waals surface area contributed by atoms with Crippen molar-refractivity contribution >= 4 is 5.91 Å². The molecule has 0 unspecified atom stereocenters. The van der Waals surface area contributed by atoms with Gasteiger partial charge in [0.15, 0.2) is 0 Å². The maximum Gasteiger partial charge on any atom is 0.408 e. The summed E-state index contributed by atoms with van der Waals surface area (Å²) < 4.78 is 37.6. The third kappa shape index (κ3) is 3.17. The van der Waals surface area contributed by atoms with Gasteiger partial charge in [0.05, 0.1) is 6.20 Å². The van der Waals surface area contributed by atoms with Crippen molar-refractivity contribution in [1.29, 1.82) is 0 Å². The van der Waals surface area contributed by atoms with Crippen molar-refractivity contribution in [3.05, 3.63) is 41.7 Å². The van der Waals surface area contributed by atoms with Crippen molar-refractivity contribution in [2.75, 3.05) is 0 Å². The number of primary amides is 1. The Kier molecular flexibility index (Phi) is 3.52. The molecule has 0 fully saturated rings. The van der Waals surface area contributed by atoms with E-state index in [-0.39, 0.29) is 0 Å². The van der Waals surface area contributed by atoms with Crippen molar-refractivity contribution in [2.45, 2.75) is 19.6 Å². The number of hydrogen-bond acceptors (Lipinski definition) is 2. The largest absolute Gasteiger partial charge is 0.408 e. The minimum Gasteiger partial charge on any atom is -0.366 e. The molecule has 106 valence electrons. The number of hydrogen-bond donors (Lipinski definition) is 1. The number of nitrogens with two attached hydrogens (primary N) is 1. The van der Waals surface area contributed by atoms with Crippen molar-refractivity contribution in [1.82, 2.24) is 9.78 Å². The molecule has 0 aliphatic heterocycles. The monoisotopic (exact) mass is 283 g/mol. The third-order valence-corrected chi connectivity index (χ3v) is 2.81. The van der Waals surface area contributed by atoms with E-state index in [1.165, 1.54) is 12.4 Å². The predicted molar refractivity (Wildman–Crippen MR) is 67.0 cm³/mol. The molecule has 1 heterocycles. The van der Waals surface area contributed by atoms with Crippen LogP contribution in [-0.4, -0.2) is 21.9 Å². The van der Waals surface area contributed by atoms with Crippen molar-refractivity contribution in [3.63, 3.8) is 0 Å². The van der Waals surface area contributed by atoms with Gasteiger partial charge in [-0.15, -0.1) is 0 Å². The summed E-state index contributed by atoms with van der Waals surface area (Å²) in [6.07, 6.45) is -1.72. The summed E-state index contributed by atoms with van der Waals surface area (Å²) in [5, 5.41) is 3.66. The van der Waals surface area contributed by atoms with Crippen molar-refractivity contribution < 1.29 is 18.0 Å². The van der Waals surface area contributed by atoms with E-state index in [0.717, 1.165) is 4.68 Å². The number of carbonyl (C=O) groups is 1. The number of halogens is 3. The molecule has 20 heavy (non-hydrogen) atoms. The number of amides is 1. The average molecular weight is 283 g/mol. The van der Waals surface area contributed by atoms with Crippen molar-refractivity contribution in [2.24, 2.45) is 5.73 Å². The van der Waals surface area contributed by atoms with E-state index in [9.17, 15) is 18.0 Å². The Morgan fingerprint density at radius 1 is 1.35 bits per heavy atom.